The molecule has 0 unspecified atom stereocenters. The number of aliphatic hydroxyl groups is 1. The van der Waals surface area contributed by atoms with Crippen LogP contribution in [-0.2, 0) is 23.2 Å². The average molecular weight is 350 g/mol. The first-order chi connectivity index (χ1) is 7.40. The van der Waals surface area contributed by atoms with Crippen LogP contribution in [0, 0.1) is 0 Å². The van der Waals surface area contributed by atoms with E-state index in [1.54, 1.807) is 6.56 Å². The van der Waals surface area contributed by atoms with Crippen LogP contribution in [0.25, 0.3) is 0 Å². The molecule has 0 saturated heterocycles. The summed E-state index contributed by atoms with van der Waals surface area (Å²) < 4.78 is 3.42. The molecule has 0 fully saturated rings. The Morgan fingerprint density at radius 3 is 2.65 bits per heavy atom. The molecule has 1 N–H and O–H groups in total. The van der Waals surface area contributed by atoms with Gasteiger partial charge >= 0.3 is 103 Å². The van der Waals surface area contributed by atoms with Gasteiger partial charge in [0, 0.05) is 0 Å². The van der Waals surface area contributed by atoms with E-state index in [9.17, 15) is 0 Å². The molecule has 1 nitrogen and oxygen atoms in total. The number of halogens is 2. The molecule has 0 heterocycles. The molecule has 17 heavy (non-hydrogen) atoms. The molecule has 0 aliphatic heterocycles. The maximum absolute atomic E-state index is 8.84. The number of rotatable bonds is 5. The summed E-state index contributed by atoms with van der Waals surface area (Å²) in [6, 6.07) is 0. The summed E-state index contributed by atoms with van der Waals surface area (Å²) in [5.74, 6) is 0. The Morgan fingerprint density at radius 1 is 1.18 bits per heavy atom. The second-order valence-electron chi connectivity index (χ2n) is 3.89. The Morgan fingerprint density at radius 2 is 2.00 bits per heavy atom. The smallest absolute Gasteiger partial charge is 1.00 e. The quantitative estimate of drug-likeness (QED) is 0.557. The molecule has 0 aromatic rings. The van der Waals surface area contributed by atoms with E-state index in [0.29, 0.717) is 6.61 Å². The maximum atomic E-state index is 8.84. The Kier molecular flexibility index (Phi) is 9.54. The first-order valence-electron chi connectivity index (χ1n) is 5.52. The van der Waals surface area contributed by atoms with Gasteiger partial charge in [-0.3, -0.25) is 0 Å². The van der Waals surface area contributed by atoms with E-state index in [1.807, 2.05) is 0 Å². The molecule has 0 atom stereocenters. The Bertz CT molecular complexity index is 356. The van der Waals surface area contributed by atoms with Crippen molar-refractivity contribution in [1.29, 1.82) is 0 Å². The monoisotopic (exact) mass is 348 g/mol. The molecule has 2 aliphatic rings. The second kappa shape index (κ2) is 9.33. The average Bonchev–Trinajstić information content (AvgIpc) is 2.87. The van der Waals surface area contributed by atoms with E-state index in [4.69, 9.17) is 5.11 Å². The van der Waals surface area contributed by atoms with Gasteiger partial charge in [0.25, 0.3) is 0 Å². The fourth-order valence-electron chi connectivity index (χ4n) is 1.92. The van der Waals surface area contributed by atoms with Gasteiger partial charge in [-0.2, -0.15) is 0 Å². The molecule has 2 aliphatic carbocycles. The van der Waals surface area contributed by atoms with Crippen molar-refractivity contribution in [2.45, 2.75) is 25.7 Å². The van der Waals surface area contributed by atoms with Crippen molar-refractivity contribution in [3.63, 3.8) is 0 Å². The summed E-state index contributed by atoms with van der Waals surface area (Å²) in [4.78, 5) is 0. The topological polar surface area (TPSA) is 20.2 Å². The van der Waals surface area contributed by atoms with Crippen LogP contribution in [0.3, 0.4) is 0 Å². The van der Waals surface area contributed by atoms with Crippen LogP contribution in [0.15, 0.2) is 42.5 Å². The van der Waals surface area contributed by atoms with Gasteiger partial charge in [0.15, 0.2) is 0 Å². The number of hydrogen-bond donors (Lipinski definition) is 1. The van der Waals surface area contributed by atoms with Crippen LogP contribution in [0.1, 0.15) is 25.7 Å². The molecule has 92 valence electrons. The molecule has 0 aromatic carbocycles. The van der Waals surface area contributed by atoms with Crippen molar-refractivity contribution >= 4 is 0 Å². The summed E-state index contributed by atoms with van der Waals surface area (Å²) in [5.41, 5.74) is 1.53. The third-order valence-electron chi connectivity index (χ3n) is 2.72. The normalized spacial score (nSPS) is 16.4. The summed E-state index contributed by atoms with van der Waals surface area (Å²) in [6.07, 6.45) is 15.7. The molecular weight excluding hydrogens is 334 g/mol. The van der Waals surface area contributed by atoms with Crippen molar-refractivity contribution < 1.29 is 53.2 Å². The predicted molar refractivity (Wildman–Crippen MR) is 58.9 cm³/mol. The van der Waals surface area contributed by atoms with Gasteiger partial charge in [0.05, 0.1) is 0 Å². The van der Waals surface area contributed by atoms with Gasteiger partial charge in [0.1, 0.15) is 0 Å². The van der Waals surface area contributed by atoms with Gasteiger partial charge in [0.2, 0.25) is 0 Å². The number of hydrogen-bond acceptors (Lipinski definition) is 1. The van der Waals surface area contributed by atoms with Gasteiger partial charge in [-0.15, -0.1) is 0 Å². The molecule has 4 heteroatoms. The minimum atomic E-state index is -0.469. The van der Waals surface area contributed by atoms with Gasteiger partial charge in [-0.1, -0.05) is 0 Å². The van der Waals surface area contributed by atoms with Crippen LogP contribution >= 0.6 is 0 Å². The number of allylic oxidation sites excluding steroid dienone is 8. The zero-order valence-corrected chi connectivity index (χ0v) is 13.6. The summed E-state index contributed by atoms with van der Waals surface area (Å²) >= 11 is -0.469. The molecule has 0 spiro atoms. The molecule has 0 bridgehead atoms. The van der Waals surface area contributed by atoms with E-state index >= 15 is 0 Å². The fourth-order valence-corrected chi connectivity index (χ4v) is 5.30. The van der Waals surface area contributed by atoms with Crippen LogP contribution < -0.4 is 24.8 Å². The maximum Gasteiger partial charge on any atom is -1.00 e. The molecule has 0 saturated carbocycles. The first-order valence-corrected chi connectivity index (χ1v) is 7.98. The van der Waals surface area contributed by atoms with Crippen molar-refractivity contribution in [3.8, 4) is 0 Å². The summed E-state index contributed by atoms with van der Waals surface area (Å²) in [6.45, 7) is 0.319. The number of aliphatic hydroxyl groups excluding tert-OH is 1. The van der Waals surface area contributed by atoms with Gasteiger partial charge in [-0.25, -0.2) is 0 Å². The van der Waals surface area contributed by atoms with Crippen molar-refractivity contribution in [2.24, 2.45) is 0 Å². The summed E-state index contributed by atoms with van der Waals surface area (Å²) in [5, 5.41) is 8.84. The largest absolute Gasteiger partial charge is 1.00 e. The van der Waals surface area contributed by atoms with E-state index in [2.05, 4.69) is 30.4 Å². The Hall–Kier alpha value is 0.383. The zero-order valence-electron chi connectivity index (χ0n) is 9.63. The molecular formula is C13H16Cl2OZr. The zero-order chi connectivity index (χ0) is 10.5. The van der Waals surface area contributed by atoms with Crippen molar-refractivity contribution in [1.82, 2.24) is 0 Å². The molecule has 0 radical (unpaired) electrons. The minimum Gasteiger partial charge on any atom is -1.00 e. The van der Waals surface area contributed by atoms with Crippen molar-refractivity contribution in [3.05, 3.63) is 42.5 Å². The third-order valence-corrected chi connectivity index (χ3v) is 6.45. The third kappa shape index (κ3) is 5.26. The second-order valence-corrected chi connectivity index (χ2v) is 7.56. The molecule has 2 rings (SSSR count). The summed E-state index contributed by atoms with van der Waals surface area (Å²) in [7, 11) is 0. The van der Waals surface area contributed by atoms with Crippen LogP contribution in [0.5, 0.6) is 0 Å². The van der Waals surface area contributed by atoms with Crippen LogP contribution in [0.4, 0.5) is 0 Å². The molecule has 0 amide bonds. The van der Waals surface area contributed by atoms with Gasteiger partial charge < -0.3 is 24.8 Å². The Labute approximate surface area is 127 Å². The van der Waals surface area contributed by atoms with E-state index in [0.717, 1.165) is 12.8 Å². The molecule has 0 aromatic heterocycles. The van der Waals surface area contributed by atoms with Crippen LogP contribution in [0.2, 0.25) is 0 Å². The minimum absolute atomic E-state index is 0. The van der Waals surface area contributed by atoms with Crippen molar-refractivity contribution in [2.75, 3.05) is 6.61 Å². The predicted octanol–water partition coefficient (Wildman–Crippen LogP) is -3.09. The van der Waals surface area contributed by atoms with E-state index in [1.165, 1.54) is 18.4 Å². The van der Waals surface area contributed by atoms with Crippen LogP contribution in [-0.4, -0.2) is 11.7 Å². The first kappa shape index (κ1) is 17.4. The van der Waals surface area contributed by atoms with E-state index < -0.39 is 23.2 Å². The Balaban J connectivity index is 0.00000128. The van der Waals surface area contributed by atoms with Gasteiger partial charge in [-0.05, 0) is 0 Å². The van der Waals surface area contributed by atoms with E-state index in [-0.39, 0.29) is 24.8 Å². The fraction of sp³-hybridized carbons (Fsp3) is 0.385. The SMILES string of the molecule is OCCCC1=[C]([Zr+2][C]2=CC=CC2)CC=C1.[Cl-].[Cl-]. The standard InChI is InChI=1S/C8H11O.C5H5.2ClH.Zr/c9-7-3-6-8-4-1-2-5-8;1-2-4-5-3-1;;;/h1,4,9H,2-3,6-7H2;1-3H,4H2;2*1H;/q;;;;+2/p-2.